The molecule has 0 radical (unpaired) electrons. The first-order valence-electron chi connectivity index (χ1n) is 6.20. The van der Waals surface area contributed by atoms with Crippen LogP contribution < -0.4 is 10.5 Å². The van der Waals surface area contributed by atoms with E-state index in [0.29, 0.717) is 0 Å². The second kappa shape index (κ2) is 8.88. The Kier molecular flexibility index (Phi) is 8.25. The molecule has 1 rings (SSSR count). The standard InChI is InChI=1S/C13H14F5NO3.ClH/c1-2-21-11(20)9(14)10(19)7-5-3-4-6-8(7)22-13(17,18)12(15)16;/h3-6,9-10,12H,2,19H2,1H3;1H/t9?,10-;/m0./s1. The van der Waals surface area contributed by atoms with Gasteiger partial charge in [0.2, 0.25) is 6.17 Å². The SMILES string of the molecule is CCOC(=O)C(F)[C@@H](N)c1ccccc1OC(F)(F)C(F)F.Cl. The van der Waals surface area contributed by atoms with Crippen molar-refractivity contribution in [3.63, 3.8) is 0 Å². The lowest BCUT2D eigenvalue weighted by atomic mass is 10.0. The van der Waals surface area contributed by atoms with Crippen molar-refractivity contribution in [2.75, 3.05) is 6.61 Å². The molecule has 0 aliphatic heterocycles. The van der Waals surface area contributed by atoms with E-state index in [4.69, 9.17) is 5.73 Å². The number of esters is 1. The number of alkyl halides is 5. The van der Waals surface area contributed by atoms with Crippen molar-refractivity contribution >= 4 is 18.4 Å². The summed E-state index contributed by atoms with van der Waals surface area (Å²) in [4.78, 5) is 11.3. The Morgan fingerprint density at radius 3 is 2.35 bits per heavy atom. The number of nitrogens with two attached hydrogens (primary N) is 1. The number of para-hydroxylation sites is 1. The van der Waals surface area contributed by atoms with Crippen molar-refractivity contribution in [1.82, 2.24) is 0 Å². The summed E-state index contributed by atoms with van der Waals surface area (Å²) in [5, 5.41) is 0. The van der Waals surface area contributed by atoms with E-state index < -0.39 is 36.5 Å². The molecule has 2 N–H and O–H groups in total. The van der Waals surface area contributed by atoms with Gasteiger partial charge in [-0.25, -0.2) is 9.18 Å². The molecule has 10 heteroatoms. The van der Waals surface area contributed by atoms with E-state index in [1.165, 1.54) is 19.1 Å². The molecule has 0 saturated heterocycles. The summed E-state index contributed by atoms with van der Waals surface area (Å²) in [7, 11) is 0. The largest absolute Gasteiger partial charge is 0.464 e. The van der Waals surface area contributed by atoms with Crippen molar-refractivity contribution < 1.29 is 36.2 Å². The topological polar surface area (TPSA) is 61.5 Å². The number of rotatable bonds is 7. The van der Waals surface area contributed by atoms with Gasteiger partial charge in [0.05, 0.1) is 12.6 Å². The van der Waals surface area contributed by atoms with Crippen LogP contribution in [0.4, 0.5) is 22.0 Å². The summed E-state index contributed by atoms with van der Waals surface area (Å²) in [6, 6.07) is 2.82. The third-order valence-corrected chi connectivity index (χ3v) is 2.61. The molecule has 1 unspecified atom stereocenters. The van der Waals surface area contributed by atoms with Crippen LogP contribution in [0.2, 0.25) is 0 Å². The summed E-state index contributed by atoms with van der Waals surface area (Å²) in [6.45, 7) is 1.34. The maximum atomic E-state index is 13.8. The molecule has 0 spiro atoms. The van der Waals surface area contributed by atoms with Crippen LogP contribution in [0.25, 0.3) is 0 Å². The maximum Gasteiger partial charge on any atom is 0.461 e. The van der Waals surface area contributed by atoms with E-state index in [1.807, 2.05) is 0 Å². The molecule has 2 atom stereocenters. The van der Waals surface area contributed by atoms with Crippen molar-refractivity contribution in [2.45, 2.75) is 31.7 Å². The molecule has 0 saturated carbocycles. The van der Waals surface area contributed by atoms with Crippen LogP contribution in [0.1, 0.15) is 18.5 Å². The van der Waals surface area contributed by atoms with Crippen LogP contribution in [0.5, 0.6) is 5.75 Å². The van der Waals surface area contributed by atoms with Gasteiger partial charge in [-0.2, -0.15) is 17.6 Å². The first-order chi connectivity index (χ1) is 10.2. The van der Waals surface area contributed by atoms with Crippen LogP contribution in [-0.2, 0) is 9.53 Å². The Balaban J connectivity index is 0.00000484. The zero-order valence-corrected chi connectivity index (χ0v) is 12.7. The van der Waals surface area contributed by atoms with Gasteiger partial charge in [-0.1, -0.05) is 18.2 Å². The first-order valence-corrected chi connectivity index (χ1v) is 6.20. The first kappa shape index (κ1) is 21.4. The molecule has 1 aromatic carbocycles. The van der Waals surface area contributed by atoms with Crippen LogP contribution in [0.15, 0.2) is 24.3 Å². The van der Waals surface area contributed by atoms with Gasteiger partial charge in [-0.3, -0.25) is 0 Å². The van der Waals surface area contributed by atoms with Gasteiger partial charge in [0.15, 0.2) is 0 Å². The lowest BCUT2D eigenvalue weighted by Gasteiger charge is -2.22. The predicted octanol–water partition coefficient (Wildman–Crippen LogP) is 3.25. The Labute approximate surface area is 135 Å². The molecule has 0 amide bonds. The van der Waals surface area contributed by atoms with Crippen molar-refractivity contribution in [3.8, 4) is 5.75 Å². The molecule has 0 aromatic heterocycles. The Morgan fingerprint density at radius 1 is 1.26 bits per heavy atom. The summed E-state index contributed by atoms with van der Waals surface area (Å²) < 4.78 is 72.4. The highest BCUT2D eigenvalue weighted by Gasteiger charge is 2.45. The molecule has 0 fully saturated rings. The normalized spacial score (nSPS) is 13.9. The molecular weight excluding hydrogens is 349 g/mol. The number of benzene rings is 1. The van der Waals surface area contributed by atoms with E-state index in [9.17, 15) is 26.7 Å². The minimum absolute atomic E-state index is 0. The van der Waals surface area contributed by atoms with Crippen molar-refractivity contribution in [1.29, 1.82) is 0 Å². The monoisotopic (exact) mass is 363 g/mol. The van der Waals surface area contributed by atoms with Crippen LogP contribution in [0, 0.1) is 0 Å². The number of halogens is 6. The zero-order chi connectivity index (χ0) is 16.9. The minimum atomic E-state index is -4.77. The molecule has 4 nitrogen and oxygen atoms in total. The summed E-state index contributed by atoms with van der Waals surface area (Å²) in [5.74, 6) is -2.03. The molecule has 0 heterocycles. The second-order valence-corrected chi connectivity index (χ2v) is 4.18. The number of carbonyl (C=O) groups excluding carboxylic acids is 1. The molecule has 1 aromatic rings. The minimum Gasteiger partial charge on any atom is -0.464 e. The molecule has 0 bridgehead atoms. The maximum absolute atomic E-state index is 13.8. The number of carbonyl (C=O) groups is 1. The fourth-order valence-electron chi connectivity index (χ4n) is 1.57. The van der Waals surface area contributed by atoms with Crippen LogP contribution in [-0.4, -0.2) is 31.3 Å². The van der Waals surface area contributed by atoms with E-state index >= 15 is 0 Å². The number of hydrogen-bond acceptors (Lipinski definition) is 4. The third kappa shape index (κ3) is 5.51. The number of hydrogen-bond donors (Lipinski definition) is 1. The summed E-state index contributed by atoms with van der Waals surface area (Å²) in [5.41, 5.74) is 5.12. The Morgan fingerprint density at radius 2 is 1.83 bits per heavy atom. The molecule has 0 aliphatic rings. The Hall–Kier alpha value is -1.61. The highest BCUT2D eigenvalue weighted by Crippen LogP contribution is 2.33. The summed E-state index contributed by atoms with van der Waals surface area (Å²) >= 11 is 0. The van der Waals surface area contributed by atoms with Gasteiger partial charge >= 0.3 is 18.5 Å². The smallest absolute Gasteiger partial charge is 0.461 e. The zero-order valence-electron chi connectivity index (χ0n) is 11.8. The van der Waals surface area contributed by atoms with Gasteiger partial charge in [-0.05, 0) is 13.0 Å². The average Bonchev–Trinajstić information content (AvgIpc) is 2.46. The fraction of sp³-hybridized carbons (Fsp3) is 0.462. The van der Waals surface area contributed by atoms with Gasteiger partial charge in [0.1, 0.15) is 5.75 Å². The molecule has 132 valence electrons. The van der Waals surface area contributed by atoms with Crippen molar-refractivity contribution in [3.05, 3.63) is 29.8 Å². The predicted molar refractivity (Wildman–Crippen MR) is 73.7 cm³/mol. The third-order valence-electron chi connectivity index (χ3n) is 2.61. The lowest BCUT2D eigenvalue weighted by molar-refractivity contribution is -0.253. The fourth-order valence-corrected chi connectivity index (χ4v) is 1.57. The van der Waals surface area contributed by atoms with Gasteiger partial charge in [0, 0.05) is 5.56 Å². The lowest BCUT2D eigenvalue weighted by Crippen LogP contribution is -2.35. The van der Waals surface area contributed by atoms with E-state index in [2.05, 4.69) is 9.47 Å². The van der Waals surface area contributed by atoms with E-state index in [0.717, 1.165) is 12.1 Å². The van der Waals surface area contributed by atoms with Gasteiger partial charge < -0.3 is 15.2 Å². The second-order valence-electron chi connectivity index (χ2n) is 4.18. The van der Waals surface area contributed by atoms with Gasteiger partial charge in [-0.15, -0.1) is 12.4 Å². The van der Waals surface area contributed by atoms with E-state index in [-0.39, 0.29) is 24.6 Å². The molecular formula is C13H15ClF5NO3. The quantitative estimate of drug-likeness (QED) is 0.597. The van der Waals surface area contributed by atoms with Gasteiger partial charge in [0.25, 0.3) is 0 Å². The average molecular weight is 364 g/mol. The molecule has 23 heavy (non-hydrogen) atoms. The molecule has 0 aliphatic carbocycles. The number of ether oxygens (including phenoxy) is 2. The summed E-state index contributed by atoms with van der Waals surface area (Å²) in [6.07, 6.45) is -11.2. The van der Waals surface area contributed by atoms with Crippen LogP contribution in [0.3, 0.4) is 0 Å². The highest BCUT2D eigenvalue weighted by molar-refractivity contribution is 5.85. The van der Waals surface area contributed by atoms with Crippen LogP contribution >= 0.6 is 12.4 Å². The Bertz CT molecular complexity index is 518. The highest BCUT2D eigenvalue weighted by atomic mass is 35.5. The van der Waals surface area contributed by atoms with E-state index in [1.54, 1.807) is 0 Å². The van der Waals surface area contributed by atoms with Crippen molar-refractivity contribution in [2.24, 2.45) is 5.73 Å².